The quantitative estimate of drug-likeness (QED) is 0.886. The second kappa shape index (κ2) is 6.21. The zero-order valence-corrected chi connectivity index (χ0v) is 12.9. The van der Waals surface area contributed by atoms with Crippen LogP contribution in [0.25, 0.3) is 0 Å². The first-order chi connectivity index (χ1) is 10.2. The molecule has 1 aromatic rings. The molecule has 0 saturated heterocycles. The van der Waals surface area contributed by atoms with Crippen molar-refractivity contribution in [1.82, 2.24) is 0 Å². The van der Waals surface area contributed by atoms with Crippen molar-refractivity contribution < 1.29 is 9.90 Å². The van der Waals surface area contributed by atoms with Crippen LogP contribution in [-0.4, -0.2) is 11.1 Å². The minimum atomic E-state index is -0.579. The highest BCUT2D eigenvalue weighted by Gasteiger charge is 2.38. The Labute approximate surface area is 127 Å². The fourth-order valence-corrected chi connectivity index (χ4v) is 4.17. The van der Waals surface area contributed by atoms with E-state index in [1.807, 2.05) is 0 Å². The Morgan fingerprint density at radius 1 is 0.952 bits per heavy atom. The van der Waals surface area contributed by atoms with Crippen molar-refractivity contribution in [3.63, 3.8) is 0 Å². The normalized spacial score (nSPS) is 21.3. The Kier molecular flexibility index (Phi) is 4.32. The molecule has 0 amide bonds. The topological polar surface area (TPSA) is 37.3 Å². The van der Waals surface area contributed by atoms with Crippen LogP contribution in [0.5, 0.6) is 0 Å². The van der Waals surface area contributed by atoms with E-state index in [2.05, 4.69) is 18.2 Å². The number of hydrogen-bond donors (Lipinski definition) is 1. The number of aliphatic carboxylic acids is 1. The summed E-state index contributed by atoms with van der Waals surface area (Å²) in [6.45, 7) is 0. The number of carboxylic acid groups (broad SMARTS) is 1. The van der Waals surface area contributed by atoms with Crippen LogP contribution in [0.4, 0.5) is 0 Å². The molecule has 0 radical (unpaired) electrons. The minimum absolute atomic E-state index is 0.521. The van der Waals surface area contributed by atoms with Crippen molar-refractivity contribution in [3.05, 3.63) is 34.9 Å². The van der Waals surface area contributed by atoms with E-state index in [1.165, 1.54) is 55.2 Å². The number of aryl methyl sites for hydroxylation is 2. The first-order valence-corrected chi connectivity index (χ1v) is 8.54. The molecular formula is C19H26O2. The van der Waals surface area contributed by atoms with E-state index >= 15 is 0 Å². The third-order valence-corrected chi connectivity index (χ3v) is 5.47. The largest absolute Gasteiger partial charge is 0.481 e. The van der Waals surface area contributed by atoms with Crippen LogP contribution in [-0.2, 0) is 24.1 Å². The summed E-state index contributed by atoms with van der Waals surface area (Å²) in [6, 6.07) is 6.69. The van der Waals surface area contributed by atoms with Gasteiger partial charge >= 0.3 is 5.97 Å². The highest BCUT2D eigenvalue weighted by Crippen LogP contribution is 2.38. The van der Waals surface area contributed by atoms with Gasteiger partial charge in [0.15, 0.2) is 0 Å². The second-order valence-corrected chi connectivity index (χ2v) is 6.99. The van der Waals surface area contributed by atoms with E-state index in [9.17, 15) is 9.90 Å². The predicted octanol–water partition coefficient (Wildman–Crippen LogP) is 4.53. The summed E-state index contributed by atoms with van der Waals surface area (Å²) in [4.78, 5) is 12.0. The van der Waals surface area contributed by atoms with Crippen molar-refractivity contribution in [2.45, 2.75) is 70.6 Å². The van der Waals surface area contributed by atoms with Gasteiger partial charge in [-0.05, 0) is 55.2 Å². The lowest BCUT2D eigenvalue weighted by atomic mass is 9.72. The third-order valence-electron chi connectivity index (χ3n) is 5.47. The molecule has 0 bridgehead atoms. The summed E-state index contributed by atoms with van der Waals surface area (Å²) in [5.74, 6) is -0.579. The number of hydrogen-bond acceptors (Lipinski definition) is 1. The van der Waals surface area contributed by atoms with Crippen LogP contribution in [0, 0.1) is 5.41 Å². The summed E-state index contributed by atoms with van der Waals surface area (Å²) in [5, 5.41) is 9.86. The molecule has 2 aliphatic carbocycles. The molecule has 1 aromatic carbocycles. The molecule has 114 valence electrons. The Bertz CT molecular complexity index is 510. The minimum Gasteiger partial charge on any atom is -0.481 e. The number of rotatable bonds is 3. The Morgan fingerprint density at radius 3 is 2.33 bits per heavy atom. The van der Waals surface area contributed by atoms with Crippen molar-refractivity contribution in [1.29, 1.82) is 0 Å². The van der Waals surface area contributed by atoms with Gasteiger partial charge in [0.05, 0.1) is 5.41 Å². The average molecular weight is 286 g/mol. The monoisotopic (exact) mass is 286 g/mol. The summed E-state index contributed by atoms with van der Waals surface area (Å²) in [6.07, 6.45) is 11.8. The maximum atomic E-state index is 12.0. The zero-order valence-electron chi connectivity index (χ0n) is 12.9. The van der Waals surface area contributed by atoms with E-state index in [4.69, 9.17) is 0 Å². The number of carbonyl (C=O) groups is 1. The predicted molar refractivity (Wildman–Crippen MR) is 84.6 cm³/mol. The van der Waals surface area contributed by atoms with E-state index < -0.39 is 11.4 Å². The maximum Gasteiger partial charge on any atom is 0.309 e. The molecule has 0 unspecified atom stereocenters. The van der Waals surface area contributed by atoms with E-state index in [0.717, 1.165) is 32.1 Å². The van der Waals surface area contributed by atoms with E-state index in [-0.39, 0.29) is 0 Å². The molecule has 2 nitrogen and oxygen atoms in total. The fourth-order valence-electron chi connectivity index (χ4n) is 4.17. The Hall–Kier alpha value is -1.31. The summed E-state index contributed by atoms with van der Waals surface area (Å²) in [7, 11) is 0. The lowest BCUT2D eigenvalue weighted by molar-refractivity contribution is -0.150. The van der Waals surface area contributed by atoms with Crippen molar-refractivity contribution >= 4 is 5.97 Å². The number of carboxylic acids is 1. The third kappa shape index (κ3) is 3.14. The molecule has 0 aliphatic heterocycles. The zero-order chi connectivity index (χ0) is 14.7. The van der Waals surface area contributed by atoms with Gasteiger partial charge in [0.2, 0.25) is 0 Å². The highest BCUT2D eigenvalue weighted by molar-refractivity contribution is 5.75. The molecule has 0 spiro atoms. The Balaban J connectivity index is 1.82. The molecule has 0 aromatic heterocycles. The Morgan fingerprint density at radius 2 is 1.62 bits per heavy atom. The van der Waals surface area contributed by atoms with Gasteiger partial charge in [-0.15, -0.1) is 0 Å². The first kappa shape index (κ1) is 14.6. The number of fused-ring (bicyclic) bond motifs is 1. The van der Waals surface area contributed by atoms with Gasteiger partial charge in [-0.2, -0.15) is 0 Å². The van der Waals surface area contributed by atoms with Crippen LogP contribution < -0.4 is 0 Å². The van der Waals surface area contributed by atoms with Gasteiger partial charge in [0.1, 0.15) is 0 Å². The smallest absolute Gasteiger partial charge is 0.309 e. The van der Waals surface area contributed by atoms with Crippen molar-refractivity contribution in [3.8, 4) is 0 Å². The molecule has 2 heteroatoms. The van der Waals surface area contributed by atoms with Gasteiger partial charge in [-0.3, -0.25) is 4.79 Å². The lowest BCUT2D eigenvalue weighted by Crippen LogP contribution is -2.34. The van der Waals surface area contributed by atoms with Crippen molar-refractivity contribution in [2.24, 2.45) is 5.41 Å². The first-order valence-electron chi connectivity index (χ1n) is 8.54. The molecule has 1 saturated carbocycles. The van der Waals surface area contributed by atoms with Gasteiger partial charge in [-0.25, -0.2) is 0 Å². The van der Waals surface area contributed by atoms with E-state index in [0.29, 0.717) is 0 Å². The van der Waals surface area contributed by atoms with Crippen LogP contribution >= 0.6 is 0 Å². The second-order valence-electron chi connectivity index (χ2n) is 6.99. The SMILES string of the molecule is O=C(O)C1(Cc2ccc3c(c2)CCC3)CCCCCCC1. The molecule has 0 heterocycles. The van der Waals surface area contributed by atoms with Crippen LogP contribution in [0.3, 0.4) is 0 Å². The van der Waals surface area contributed by atoms with Gasteiger partial charge in [0, 0.05) is 0 Å². The number of benzene rings is 1. The summed E-state index contributed by atoms with van der Waals surface area (Å²) >= 11 is 0. The molecule has 3 rings (SSSR count). The molecule has 0 atom stereocenters. The van der Waals surface area contributed by atoms with Gasteiger partial charge in [0.25, 0.3) is 0 Å². The van der Waals surface area contributed by atoms with E-state index in [1.54, 1.807) is 0 Å². The average Bonchev–Trinajstić information content (AvgIpc) is 2.89. The van der Waals surface area contributed by atoms with Gasteiger partial charge < -0.3 is 5.11 Å². The highest BCUT2D eigenvalue weighted by atomic mass is 16.4. The van der Waals surface area contributed by atoms with Crippen LogP contribution in [0.1, 0.15) is 68.1 Å². The van der Waals surface area contributed by atoms with Gasteiger partial charge in [-0.1, -0.05) is 50.3 Å². The lowest BCUT2D eigenvalue weighted by Gasteiger charge is -2.31. The fraction of sp³-hybridized carbons (Fsp3) is 0.632. The molecule has 1 fully saturated rings. The molecule has 21 heavy (non-hydrogen) atoms. The summed E-state index contributed by atoms with van der Waals surface area (Å²) in [5.41, 5.74) is 3.64. The van der Waals surface area contributed by atoms with Crippen molar-refractivity contribution in [2.75, 3.05) is 0 Å². The molecule has 1 N–H and O–H groups in total. The molecule has 2 aliphatic rings. The van der Waals surface area contributed by atoms with Crippen LogP contribution in [0.15, 0.2) is 18.2 Å². The van der Waals surface area contributed by atoms with Crippen LogP contribution in [0.2, 0.25) is 0 Å². The molecular weight excluding hydrogens is 260 g/mol. The summed E-state index contributed by atoms with van der Waals surface area (Å²) < 4.78 is 0. The maximum absolute atomic E-state index is 12.0. The standard InChI is InChI=1S/C19H26O2/c20-18(21)19(11-4-2-1-3-5-12-19)14-15-9-10-16-7-6-8-17(16)13-15/h9-10,13H,1-8,11-12,14H2,(H,20,21).